The molecule has 2 aromatic carbocycles. The van der Waals surface area contributed by atoms with Crippen molar-refractivity contribution >= 4 is 17.5 Å². The molecule has 0 aromatic heterocycles. The molecular weight excluding hydrogens is 367 g/mol. The number of amides is 2. The lowest BCUT2D eigenvalue weighted by molar-refractivity contribution is -0.116. The molecule has 7 nitrogen and oxygen atoms in total. The predicted molar refractivity (Wildman–Crippen MR) is 101 cm³/mol. The van der Waals surface area contributed by atoms with Crippen molar-refractivity contribution in [2.24, 2.45) is 0 Å². The Morgan fingerprint density at radius 1 is 1.14 bits per heavy atom. The molecule has 0 fully saturated rings. The van der Waals surface area contributed by atoms with Gasteiger partial charge >= 0.3 is 0 Å². The molecule has 0 spiro atoms. The van der Waals surface area contributed by atoms with E-state index in [2.05, 4.69) is 5.32 Å². The fourth-order valence-electron chi connectivity index (χ4n) is 2.79. The molecule has 0 atom stereocenters. The van der Waals surface area contributed by atoms with Gasteiger partial charge in [0.25, 0.3) is 5.91 Å². The lowest BCUT2D eigenvalue weighted by atomic mass is 10.1. The van der Waals surface area contributed by atoms with Crippen molar-refractivity contribution in [3.63, 3.8) is 0 Å². The summed E-state index contributed by atoms with van der Waals surface area (Å²) in [6.07, 6.45) is 0. The van der Waals surface area contributed by atoms with Gasteiger partial charge in [-0.15, -0.1) is 0 Å². The summed E-state index contributed by atoms with van der Waals surface area (Å²) in [5, 5.41) is 2.71. The third-order valence-electron chi connectivity index (χ3n) is 4.24. The smallest absolute Gasteiger partial charge is 0.257 e. The monoisotopic (exact) mass is 388 g/mol. The van der Waals surface area contributed by atoms with Crippen molar-refractivity contribution in [2.45, 2.75) is 6.92 Å². The molecular formula is C20H21FN2O5. The Labute approximate surface area is 162 Å². The normalized spacial score (nSPS) is 12.2. The van der Waals surface area contributed by atoms with E-state index in [9.17, 15) is 14.0 Å². The lowest BCUT2D eigenvalue weighted by Gasteiger charge is -2.22. The van der Waals surface area contributed by atoms with Gasteiger partial charge in [0.2, 0.25) is 5.91 Å². The van der Waals surface area contributed by atoms with Gasteiger partial charge < -0.3 is 24.4 Å². The van der Waals surface area contributed by atoms with Crippen molar-refractivity contribution in [3.05, 3.63) is 47.8 Å². The molecule has 0 unspecified atom stereocenters. The van der Waals surface area contributed by atoms with Gasteiger partial charge in [-0.25, -0.2) is 4.39 Å². The van der Waals surface area contributed by atoms with E-state index in [1.807, 2.05) is 0 Å². The molecule has 3 rings (SSSR count). The molecule has 0 aliphatic carbocycles. The van der Waals surface area contributed by atoms with Crippen molar-refractivity contribution < 1.29 is 28.2 Å². The Morgan fingerprint density at radius 3 is 2.57 bits per heavy atom. The standard InChI is InChI=1S/C20H21FN2O5/c1-3-23(20(25)15-6-5-14(26-2)11-16(15)21)12-19(24)22-13-4-7-17-18(10-13)28-9-8-27-17/h4-7,10-11H,3,8-9,12H2,1-2H3,(H,22,24). The van der Waals surface area contributed by atoms with E-state index >= 15 is 0 Å². The largest absolute Gasteiger partial charge is 0.497 e. The summed E-state index contributed by atoms with van der Waals surface area (Å²) in [5.41, 5.74) is 0.406. The Bertz CT molecular complexity index is 887. The van der Waals surface area contributed by atoms with Crippen molar-refractivity contribution in [1.82, 2.24) is 4.90 Å². The number of rotatable bonds is 6. The van der Waals surface area contributed by atoms with E-state index in [1.54, 1.807) is 25.1 Å². The third kappa shape index (κ3) is 4.33. The maximum Gasteiger partial charge on any atom is 0.257 e. The molecule has 148 valence electrons. The van der Waals surface area contributed by atoms with E-state index in [4.69, 9.17) is 14.2 Å². The number of carbonyl (C=O) groups excluding carboxylic acids is 2. The number of ether oxygens (including phenoxy) is 3. The fraction of sp³-hybridized carbons (Fsp3) is 0.300. The van der Waals surface area contributed by atoms with Crippen molar-refractivity contribution in [1.29, 1.82) is 0 Å². The van der Waals surface area contributed by atoms with Crippen LogP contribution in [-0.2, 0) is 4.79 Å². The molecule has 1 N–H and O–H groups in total. The number of carbonyl (C=O) groups is 2. The molecule has 1 aliphatic rings. The van der Waals surface area contributed by atoms with Gasteiger partial charge in [-0.05, 0) is 31.2 Å². The van der Waals surface area contributed by atoms with Crippen LogP contribution in [0.3, 0.4) is 0 Å². The van der Waals surface area contributed by atoms with Crippen LogP contribution < -0.4 is 19.5 Å². The zero-order valence-corrected chi connectivity index (χ0v) is 15.7. The summed E-state index contributed by atoms with van der Waals surface area (Å²) >= 11 is 0. The molecule has 8 heteroatoms. The Balaban J connectivity index is 1.67. The molecule has 0 bridgehead atoms. The second-order valence-corrected chi connectivity index (χ2v) is 6.07. The number of halogens is 1. The van der Waals surface area contributed by atoms with Crippen LogP contribution in [0.4, 0.5) is 10.1 Å². The average Bonchev–Trinajstić information content (AvgIpc) is 2.71. The molecule has 2 aromatic rings. The number of benzene rings is 2. The highest BCUT2D eigenvalue weighted by Crippen LogP contribution is 2.32. The minimum absolute atomic E-state index is 0.116. The Hall–Kier alpha value is -3.29. The van der Waals surface area contributed by atoms with Crippen LogP contribution in [0.2, 0.25) is 0 Å². The van der Waals surface area contributed by atoms with Crippen LogP contribution in [0, 0.1) is 5.82 Å². The van der Waals surface area contributed by atoms with Crippen LogP contribution >= 0.6 is 0 Å². The second kappa shape index (κ2) is 8.60. The first-order valence-electron chi connectivity index (χ1n) is 8.84. The first-order valence-corrected chi connectivity index (χ1v) is 8.84. The van der Waals surface area contributed by atoms with Crippen LogP contribution in [0.1, 0.15) is 17.3 Å². The van der Waals surface area contributed by atoms with Crippen LogP contribution in [0.25, 0.3) is 0 Å². The third-order valence-corrected chi connectivity index (χ3v) is 4.24. The van der Waals surface area contributed by atoms with Gasteiger partial charge in [-0.2, -0.15) is 0 Å². The number of fused-ring (bicyclic) bond motifs is 1. The van der Waals surface area contributed by atoms with Gasteiger partial charge in [0.05, 0.1) is 12.7 Å². The molecule has 2 amide bonds. The first-order chi connectivity index (χ1) is 13.5. The number of hydrogen-bond acceptors (Lipinski definition) is 5. The summed E-state index contributed by atoms with van der Waals surface area (Å²) in [6.45, 7) is 2.68. The van der Waals surface area contributed by atoms with Crippen molar-refractivity contribution in [3.8, 4) is 17.2 Å². The minimum atomic E-state index is -0.699. The summed E-state index contributed by atoms with van der Waals surface area (Å²) in [5.74, 6) is -0.193. The van der Waals surface area contributed by atoms with Gasteiger partial charge in [0.1, 0.15) is 31.3 Å². The SMILES string of the molecule is CCN(CC(=O)Nc1ccc2c(c1)OCCO2)C(=O)c1ccc(OC)cc1F. The number of hydrogen-bond donors (Lipinski definition) is 1. The molecule has 0 saturated heterocycles. The molecule has 1 heterocycles. The van der Waals surface area contributed by atoms with Gasteiger partial charge in [0.15, 0.2) is 11.5 Å². The summed E-state index contributed by atoms with van der Waals surface area (Å²) in [7, 11) is 1.41. The number of nitrogens with zero attached hydrogens (tertiary/aromatic N) is 1. The zero-order valence-electron chi connectivity index (χ0n) is 15.7. The highest BCUT2D eigenvalue weighted by Gasteiger charge is 2.21. The summed E-state index contributed by atoms with van der Waals surface area (Å²) < 4.78 is 30.0. The zero-order chi connectivity index (χ0) is 20.1. The van der Waals surface area contributed by atoms with E-state index in [0.717, 1.165) is 6.07 Å². The molecule has 28 heavy (non-hydrogen) atoms. The fourth-order valence-corrected chi connectivity index (χ4v) is 2.79. The minimum Gasteiger partial charge on any atom is -0.497 e. The maximum atomic E-state index is 14.2. The number of nitrogens with one attached hydrogen (secondary N) is 1. The topological polar surface area (TPSA) is 77.1 Å². The lowest BCUT2D eigenvalue weighted by Crippen LogP contribution is -2.38. The van der Waals surface area contributed by atoms with Gasteiger partial charge in [0, 0.05) is 24.4 Å². The summed E-state index contributed by atoms with van der Waals surface area (Å²) in [4.78, 5) is 26.2. The number of likely N-dealkylation sites (N-methyl/N-ethyl adjacent to an activating group) is 1. The summed E-state index contributed by atoms with van der Waals surface area (Å²) in [6, 6.07) is 9.04. The quantitative estimate of drug-likeness (QED) is 0.823. The Kier molecular flexibility index (Phi) is 5.98. The van der Waals surface area contributed by atoms with Crippen LogP contribution in [-0.4, -0.2) is 50.1 Å². The highest BCUT2D eigenvalue weighted by atomic mass is 19.1. The maximum absolute atomic E-state index is 14.2. The van der Waals surface area contributed by atoms with Crippen LogP contribution in [0.5, 0.6) is 17.2 Å². The van der Waals surface area contributed by atoms with Crippen LogP contribution in [0.15, 0.2) is 36.4 Å². The Morgan fingerprint density at radius 2 is 1.89 bits per heavy atom. The van der Waals surface area contributed by atoms with E-state index in [-0.39, 0.29) is 18.7 Å². The number of anilines is 1. The van der Waals surface area contributed by atoms with Gasteiger partial charge in [-0.1, -0.05) is 0 Å². The number of methoxy groups -OCH3 is 1. The first kappa shape index (κ1) is 19.5. The second-order valence-electron chi connectivity index (χ2n) is 6.07. The van der Waals surface area contributed by atoms with E-state index in [1.165, 1.54) is 24.1 Å². The van der Waals surface area contributed by atoms with E-state index in [0.29, 0.717) is 36.1 Å². The van der Waals surface area contributed by atoms with Gasteiger partial charge in [-0.3, -0.25) is 9.59 Å². The van der Waals surface area contributed by atoms with E-state index < -0.39 is 17.6 Å². The molecule has 1 aliphatic heterocycles. The molecule has 0 radical (unpaired) electrons. The highest BCUT2D eigenvalue weighted by molar-refractivity contribution is 5.99. The predicted octanol–water partition coefficient (Wildman–Crippen LogP) is 2.71. The molecule has 0 saturated carbocycles. The average molecular weight is 388 g/mol. The van der Waals surface area contributed by atoms with Crippen molar-refractivity contribution in [2.75, 3.05) is 38.7 Å².